The zero-order valence-electron chi connectivity index (χ0n) is 14.1. The highest BCUT2D eigenvalue weighted by molar-refractivity contribution is 6.34. The van der Waals surface area contributed by atoms with E-state index >= 15 is 0 Å². The molecule has 4 nitrogen and oxygen atoms in total. The Morgan fingerprint density at radius 2 is 1.88 bits per heavy atom. The third kappa shape index (κ3) is 4.82. The lowest BCUT2D eigenvalue weighted by Gasteiger charge is -2.22. The van der Waals surface area contributed by atoms with Crippen molar-refractivity contribution < 1.29 is 9.90 Å². The molecule has 5 heteroatoms. The third-order valence-electron chi connectivity index (χ3n) is 4.62. The first kappa shape index (κ1) is 17.9. The number of amides is 1. The fraction of sp³-hybridized carbons (Fsp3) is 0.350. The minimum absolute atomic E-state index is 0.226. The maximum absolute atomic E-state index is 12.3. The van der Waals surface area contributed by atoms with Crippen molar-refractivity contribution in [2.75, 3.05) is 11.9 Å². The van der Waals surface area contributed by atoms with Gasteiger partial charge >= 0.3 is 0 Å². The van der Waals surface area contributed by atoms with Gasteiger partial charge in [0.2, 0.25) is 0 Å². The van der Waals surface area contributed by atoms with E-state index in [9.17, 15) is 9.90 Å². The van der Waals surface area contributed by atoms with E-state index in [1.54, 1.807) is 24.3 Å². The highest BCUT2D eigenvalue weighted by Gasteiger charge is 2.30. The summed E-state index contributed by atoms with van der Waals surface area (Å²) in [5.41, 5.74) is 1.68. The molecule has 3 rings (SSSR count). The molecule has 0 radical (unpaired) electrons. The fourth-order valence-electron chi connectivity index (χ4n) is 3.25. The molecule has 0 saturated heterocycles. The van der Waals surface area contributed by atoms with Crippen LogP contribution in [-0.2, 0) is 6.54 Å². The van der Waals surface area contributed by atoms with Gasteiger partial charge in [-0.15, -0.1) is 0 Å². The molecule has 2 aromatic carbocycles. The van der Waals surface area contributed by atoms with Gasteiger partial charge < -0.3 is 15.7 Å². The molecule has 25 heavy (non-hydrogen) atoms. The largest absolute Gasteiger partial charge is 0.389 e. The summed E-state index contributed by atoms with van der Waals surface area (Å²) in [6.07, 6.45) is 3.94. The summed E-state index contributed by atoms with van der Waals surface area (Å²) < 4.78 is 0. The van der Waals surface area contributed by atoms with Crippen LogP contribution in [0.15, 0.2) is 48.5 Å². The number of aliphatic hydroxyl groups is 1. The van der Waals surface area contributed by atoms with E-state index in [0.717, 1.165) is 36.9 Å². The van der Waals surface area contributed by atoms with Gasteiger partial charge in [-0.3, -0.25) is 4.79 Å². The Bertz CT molecular complexity index is 742. The van der Waals surface area contributed by atoms with Crippen molar-refractivity contribution in [2.24, 2.45) is 0 Å². The first-order valence-corrected chi connectivity index (χ1v) is 9.01. The Balaban J connectivity index is 1.58. The number of halogens is 1. The van der Waals surface area contributed by atoms with Crippen LogP contribution < -0.4 is 10.6 Å². The zero-order valence-corrected chi connectivity index (χ0v) is 14.9. The number of anilines is 1. The monoisotopic (exact) mass is 358 g/mol. The van der Waals surface area contributed by atoms with E-state index in [2.05, 4.69) is 10.6 Å². The summed E-state index contributed by atoms with van der Waals surface area (Å²) in [6, 6.07) is 14.7. The number of nitrogens with one attached hydrogen (secondary N) is 2. The molecular weight excluding hydrogens is 336 g/mol. The summed E-state index contributed by atoms with van der Waals surface area (Å²) in [6.45, 7) is 1.25. The average Bonchev–Trinajstić information content (AvgIpc) is 3.02. The molecule has 1 fully saturated rings. The van der Waals surface area contributed by atoms with E-state index in [4.69, 9.17) is 11.6 Å². The van der Waals surface area contributed by atoms with E-state index in [-0.39, 0.29) is 5.91 Å². The van der Waals surface area contributed by atoms with Crippen molar-refractivity contribution in [3.8, 4) is 0 Å². The second kappa shape index (κ2) is 8.00. The minimum atomic E-state index is -0.560. The Morgan fingerprint density at radius 1 is 1.12 bits per heavy atom. The van der Waals surface area contributed by atoms with E-state index < -0.39 is 5.60 Å². The van der Waals surface area contributed by atoms with Gasteiger partial charge in [0, 0.05) is 18.8 Å². The molecule has 3 N–H and O–H groups in total. The van der Waals surface area contributed by atoms with Crippen LogP contribution in [0.25, 0.3) is 0 Å². The first-order valence-electron chi connectivity index (χ1n) is 8.64. The molecule has 132 valence electrons. The standard InChI is InChI=1S/C20H23ClN2O2/c21-18-9-2-1-8-17(18)19(24)23-16-7-5-6-15(12-16)13-22-14-20(25)10-3-4-11-20/h1-2,5-9,12,22,25H,3-4,10-11,13-14H2,(H,23,24). The molecule has 0 heterocycles. The smallest absolute Gasteiger partial charge is 0.257 e. The maximum atomic E-state index is 12.3. The Labute approximate surface area is 153 Å². The zero-order chi connectivity index (χ0) is 17.7. The number of carbonyl (C=O) groups excluding carboxylic acids is 1. The fourth-order valence-corrected chi connectivity index (χ4v) is 3.47. The van der Waals surface area contributed by atoms with Gasteiger partial charge in [-0.1, -0.05) is 48.7 Å². The van der Waals surface area contributed by atoms with Crippen molar-refractivity contribution >= 4 is 23.2 Å². The Hall–Kier alpha value is -1.88. The number of carbonyl (C=O) groups is 1. The lowest BCUT2D eigenvalue weighted by molar-refractivity contribution is 0.0475. The molecule has 0 unspecified atom stereocenters. The van der Waals surface area contributed by atoms with E-state index in [0.29, 0.717) is 23.7 Å². The number of hydrogen-bond donors (Lipinski definition) is 3. The van der Waals surface area contributed by atoms with Crippen LogP contribution in [0.3, 0.4) is 0 Å². The molecule has 1 amide bonds. The lowest BCUT2D eigenvalue weighted by atomic mass is 10.0. The van der Waals surface area contributed by atoms with Crippen molar-refractivity contribution in [3.05, 3.63) is 64.7 Å². The minimum Gasteiger partial charge on any atom is -0.389 e. The molecule has 0 atom stereocenters. The summed E-state index contributed by atoms with van der Waals surface area (Å²) in [5, 5.41) is 17.0. The Morgan fingerprint density at radius 3 is 2.64 bits per heavy atom. The van der Waals surface area contributed by atoms with Gasteiger partial charge in [-0.2, -0.15) is 0 Å². The van der Waals surface area contributed by atoms with Crippen molar-refractivity contribution in [3.63, 3.8) is 0 Å². The topological polar surface area (TPSA) is 61.4 Å². The molecule has 0 aliphatic heterocycles. The van der Waals surface area contributed by atoms with Crippen LogP contribution in [-0.4, -0.2) is 23.2 Å². The molecule has 0 aromatic heterocycles. The van der Waals surface area contributed by atoms with E-state index in [1.807, 2.05) is 24.3 Å². The molecular formula is C20H23ClN2O2. The van der Waals surface area contributed by atoms with Gasteiger partial charge in [-0.05, 0) is 42.7 Å². The molecule has 1 aliphatic carbocycles. The average molecular weight is 359 g/mol. The van der Waals surface area contributed by atoms with E-state index in [1.165, 1.54) is 0 Å². The van der Waals surface area contributed by atoms with Crippen LogP contribution in [0.2, 0.25) is 5.02 Å². The summed E-state index contributed by atoms with van der Waals surface area (Å²) in [4.78, 5) is 12.3. The Kier molecular flexibility index (Phi) is 5.74. The van der Waals surface area contributed by atoms with Crippen LogP contribution in [0.1, 0.15) is 41.6 Å². The first-order chi connectivity index (χ1) is 12.1. The molecule has 0 spiro atoms. The van der Waals surface area contributed by atoms with Crippen molar-refractivity contribution in [1.82, 2.24) is 5.32 Å². The number of hydrogen-bond acceptors (Lipinski definition) is 3. The highest BCUT2D eigenvalue weighted by Crippen LogP contribution is 2.28. The maximum Gasteiger partial charge on any atom is 0.257 e. The second-order valence-electron chi connectivity index (χ2n) is 6.67. The predicted octanol–water partition coefficient (Wildman–Crippen LogP) is 3.99. The number of rotatable bonds is 6. The van der Waals surface area contributed by atoms with Crippen molar-refractivity contribution in [2.45, 2.75) is 37.8 Å². The summed E-state index contributed by atoms with van der Waals surface area (Å²) >= 11 is 6.07. The SMILES string of the molecule is O=C(Nc1cccc(CNCC2(O)CCCC2)c1)c1ccccc1Cl. The lowest BCUT2D eigenvalue weighted by Crippen LogP contribution is -2.37. The summed E-state index contributed by atoms with van der Waals surface area (Å²) in [7, 11) is 0. The second-order valence-corrected chi connectivity index (χ2v) is 7.08. The normalized spacial score (nSPS) is 15.9. The van der Waals surface area contributed by atoms with Crippen LogP contribution in [0.4, 0.5) is 5.69 Å². The van der Waals surface area contributed by atoms with Gasteiger partial charge in [0.15, 0.2) is 0 Å². The van der Waals surface area contributed by atoms with Gasteiger partial charge in [-0.25, -0.2) is 0 Å². The molecule has 1 saturated carbocycles. The molecule has 2 aromatic rings. The molecule has 1 aliphatic rings. The van der Waals surface area contributed by atoms with Crippen LogP contribution in [0, 0.1) is 0 Å². The predicted molar refractivity (Wildman–Crippen MR) is 101 cm³/mol. The van der Waals surface area contributed by atoms with Crippen molar-refractivity contribution in [1.29, 1.82) is 0 Å². The quantitative estimate of drug-likeness (QED) is 0.731. The van der Waals surface area contributed by atoms with Crippen LogP contribution in [0.5, 0.6) is 0 Å². The van der Waals surface area contributed by atoms with Gasteiger partial charge in [0.05, 0.1) is 16.2 Å². The van der Waals surface area contributed by atoms with Crippen LogP contribution >= 0.6 is 11.6 Å². The number of benzene rings is 2. The summed E-state index contributed by atoms with van der Waals surface area (Å²) in [5.74, 6) is -0.226. The third-order valence-corrected chi connectivity index (χ3v) is 4.95. The highest BCUT2D eigenvalue weighted by atomic mass is 35.5. The molecule has 0 bridgehead atoms. The van der Waals surface area contributed by atoms with Gasteiger partial charge in [0.1, 0.15) is 0 Å². The van der Waals surface area contributed by atoms with Gasteiger partial charge in [0.25, 0.3) is 5.91 Å².